The number of nitrogens with zero attached hydrogens (tertiary/aromatic N) is 1. The van der Waals surface area contributed by atoms with Gasteiger partial charge in [0.05, 0.1) is 6.61 Å². The lowest BCUT2D eigenvalue weighted by Gasteiger charge is -2.39. The summed E-state index contributed by atoms with van der Waals surface area (Å²) in [7, 11) is 0. The highest BCUT2D eigenvalue weighted by Gasteiger charge is 2.42. The van der Waals surface area contributed by atoms with E-state index in [2.05, 4.69) is 17.1 Å². The maximum Gasteiger partial charge on any atom is 0.0615 e. The summed E-state index contributed by atoms with van der Waals surface area (Å²) < 4.78 is 0. The van der Waals surface area contributed by atoms with Crippen LogP contribution in [0.5, 0.6) is 0 Å². The van der Waals surface area contributed by atoms with Crippen molar-refractivity contribution in [1.82, 2.24) is 10.2 Å². The number of rotatable bonds is 3. The zero-order valence-electron chi connectivity index (χ0n) is 10.5. The van der Waals surface area contributed by atoms with Crippen LogP contribution in [0.4, 0.5) is 0 Å². The molecule has 2 fully saturated rings. The Balaban J connectivity index is 2.02. The lowest BCUT2D eigenvalue weighted by Crippen LogP contribution is -2.51. The van der Waals surface area contributed by atoms with Crippen LogP contribution in [0, 0.1) is 5.92 Å². The van der Waals surface area contributed by atoms with Crippen LogP contribution in [0.15, 0.2) is 0 Å². The molecular weight excluding hydrogens is 200 g/mol. The van der Waals surface area contributed by atoms with E-state index in [-0.39, 0.29) is 5.54 Å². The second-order valence-corrected chi connectivity index (χ2v) is 5.49. The van der Waals surface area contributed by atoms with Gasteiger partial charge in [-0.3, -0.25) is 4.90 Å². The van der Waals surface area contributed by atoms with Crippen LogP contribution in [-0.2, 0) is 0 Å². The standard InChI is InChI=1S/C13H26N2O/c1-2-12-4-5-13(10-12,11-16)15-8-3-6-14-7-9-15/h12,14,16H,2-11H2,1H3. The fraction of sp³-hybridized carbons (Fsp3) is 1.00. The first-order valence-corrected chi connectivity index (χ1v) is 6.87. The molecule has 16 heavy (non-hydrogen) atoms. The summed E-state index contributed by atoms with van der Waals surface area (Å²) in [4.78, 5) is 2.56. The molecule has 1 aliphatic heterocycles. The monoisotopic (exact) mass is 226 g/mol. The average molecular weight is 226 g/mol. The van der Waals surface area contributed by atoms with Crippen molar-refractivity contribution in [2.75, 3.05) is 32.8 Å². The summed E-state index contributed by atoms with van der Waals surface area (Å²) in [6.07, 6.45) is 6.20. The number of nitrogens with one attached hydrogen (secondary N) is 1. The van der Waals surface area contributed by atoms with Crippen molar-refractivity contribution < 1.29 is 5.11 Å². The van der Waals surface area contributed by atoms with Crippen LogP contribution >= 0.6 is 0 Å². The van der Waals surface area contributed by atoms with Gasteiger partial charge in [-0.05, 0) is 38.1 Å². The topological polar surface area (TPSA) is 35.5 Å². The van der Waals surface area contributed by atoms with Gasteiger partial charge >= 0.3 is 0 Å². The third-order valence-electron chi connectivity index (χ3n) is 4.57. The molecular formula is C13H26N2O. The quantitative estimate of drug-likeness (QED) is 0.759. The maximum absolute atomic E-state index is 9.81. The van der Waals surface area contributed by atoms with Gasteiger partial charge in [0.15, 0.2) is 0 Å². The fourth-order valence-corrected chi connectivity index (χ4v) is 3.41. The van der Waals surface area contributed by atoms with E-state index >= 15 is 0 Å². The van der Waals surface area contributed by atoms with Gasteiger partial charge in [0, 0.05) is 25.2 Å². The highest BCUT2D eigenvalue weighted by atomic mass is 16.3. The van der Waals surface area contributed by atoms with Crippen molar-refractivity contribution >= 4 is 0 Å². The number of aliphatic hydroxyl groups excluding tert-OH is 1. The lowest BCUT2D eigenvalue weighted by atomic mass is 9.93. The first-order valence-electron chi connectivity index (χ1n) is 6.87. The van der Waals surface area contributed by atoms with E-state index in [9.17, 15) is 5.11 Å². The predicted octanol–water partition coefficient (Wildman–Crippen LogP) is 1.22. The summed E-state index contributed by atoms with van der Waals surface area (Å²) in [5, 5.41) is 13.3. The Morgan fingerprint density at radius 2 is 2.25 bits per heavy atom. The lowest BCUT2D eigenvalue weighted by molar-refractivity contribution is 0.0352. The molecule has 94 valence electrons. The molecule has 0 aromatic heterocycles. The van der Waals surface area contributed by atoms with Crippen LogP contribution in [0.2, 0.25) is 0 Å². The second-order valence-electron chi connectivity index (χ2n) is 5.49. The van der Waals surface area contributed by atoms with E-state index < -0.39 is 0 Å². The molecule has 2 atom stereocenters. The molecule has 0 aromatic carbocycles. The van der Waals surface area contributed by atoms with E-state index in [4.69, 9.17) is 0 Å². The first-order chi connectivity index (χ1) is 7.80. The average Bonchev–Trinajstić information content (AvgIpc) is 2.56. The van der Waals surface area contributed by atoms with Gasteiger partial charge in [0.25, 0.3) is 0 Å². The molecule has 0 amide bonds. The zero-order chi connectivity index (χ0) is 11.4. The fourth-order valence-electron chi connectivity index (χ4n) is 3.41. The molecule has 1 saturated heterocycles. The predicted molar refractivity (Wildman–Crippen MR) is 66.5 cm³/mol. The van der Waals surface area contributed by atoms with Gasteiger partial charge in [-0.15, -0.1) is 0 Å². The minimum atomic E-state index is 0.118. The molecule has 0 bridgehead atoms. The van der Waals surface area contributed by atoms with E-state index in [1.54, 1.807) is 0 Å². The molecule has 2 unspecified atom stereocenters. The van der Waals surface area contributed by atoms with E-state index in [0.717, 1.165) is 32.1 Å². The summed E-state index contributed by atoms with van der Waals surface area (Å²) in [5.74, 6) is 0.836. The molecule has 0 spiro atoms. The Hall–Kier alpha value is -0.120. The smallest absolute Gasteiger partial charge is 0.0615 e. The Labute approximate surface area is 99.2 Å². The maximum atomic E-state index is 9.81. The third-order valence-corrected chi connectivity index (χ3v) is 4.57. The first kappa shape index (κ1) is 12.3. The van der Waals surface area contributed by atoms with Gasteiger partial charge in [-0.2, -0.15) is 0 Å². The number of aliphatic hydroxyl groups is 1. The van der Waals surface area contributed by atoms with Gasteiger partial charge in [-0.1, -0.05) is 13.3 Å². The molecule has 3 heteroatoms. The van der Waals surface area contributed by atoms with Crippen molar-refractivity contribution in [1.29, 1.82) is 0 Å². The molecule has 0 aromatic rings. The van der Waals surface area contributed by atoms with Crippen LogP contribution in [-0.4, -0.2) is 48.3 Å². The minimum Gasteiger partial charge on any atom is -0.394 e. The van der Waals surface area contributed by atoms with Crippen LogP contribution < -0.4 is 5.32 Å². The molecule has 2 N–H and O–H groups in total. The Morgan fingerprint density at radius 1 is 1.38 bits per heavy atom. The second kappa shape index (κ2) is 5.48. The van der Waals surface area contributed by atoms with Gasteiger partial charge < -0.3 is 10.4 Å². The van der Waals surface area contributed by atoms with Gasteiger partial charge in [0.1, 0.15) is 0 Å². The van der Waals surface area contributed by atoms with Crippen molar-refractivity contribution in [3.05, 3.63) is 0 Å². The van der Waals surface area contributed by atoms with E-state index in [1.807, 2.05) is 0 Å². The zero-order valence-corrected chi connectivity index (χ0v) is 10.5. The number of hydrogen-bond acceptors (Lipinski definition) is 3. The molecule has 1 aliphatic carbocycles. The summed E-state index contributed by atoms with van der Waals surface area (Å²) >= 11 is 0. The molecule has 3 nitrogen and oxygen atoms in total. The van der Waals surface area contributed by atoms with Gasteiger partial charge in [0.2, 0.25) is 0 Å². The Kier molecular flexibility index (Phi) is 4.22. The van der Waals surface area contributed by atoms with Gasteiger partial charge in [-0.25, -0.2) is 0 Å². The highest BCUT2D eigenvalue weighted by Crippen LogP contribution is 2.40. The van der Waals surface area contributed by atoms with Crippen molar-refractivity contribution in [2.24, 2.45) is 5.92 Å². The van der Waals surface area contributed by atoms with Crippen LogP contribution in [0.25, 0.3) is 0 Å². The number of hydrogen-bond donors (Lipinski definition) is 2. The Bertz CT molecular complexity index is 214. The molecule has 1 saturated carbocycles. The molecule has 2 aliphatic rings. The largest absolute Gasteiger partial charge is 0.394 e. The summed E-state index contributed by atoms with van der Waals surface area (Å²) in [6.45, 7) is 7.11. The molecule has 0 radical (unpaired) electrons. The molecule has 1 heterocycles. The van der Waals surface area contributed by atoms with Crippen molar-refractivity contribution in [3.63, 3.8) is 0 Å². The van der Waals surface area contributed by atoms with Crippen LogP contribution in [0.3, 0.4) is 0 Å². The molecule has 2 rings (SSSR count). The summed E-state index contributed by atoms with van der Waals surface area (Å²) in [5.41, 5.74) is 0.118. The summed E-state index contributed by atoms with van der Waals surface area (Å²) in [6, 6.07) is 0. The van der Waals surface area contributed by atoms with Crippen molar-refractivity contribution in [3.8, 4) is 0 Å². The van der Waals surface area contributed by atoms with E-state index in [0.29, 0.717) is 6.61 Å². The van der Waals surface area contributed by atoms with E-state index in [1.165, 1.54) is 32.1 Å². The van der Waals surface area contributed by atoms with Crippen LogP contribution in [0.1, 0.15) is 39.0 Å². The normalized spacial score (nSPS) is 37.5. The highest BCUT2D eigenvalue weighted by molar-refractivity contribution is 4.98. The Morgan fingerprint density at radius 3 is 2.94 bits per heavy atom. The van der Waals surface area contributed by atoms with Crippen molar-refractivity contribution in [2.45, 2.75) is 44.6 Å². The third kappa shape index (κ3) is 2.41. The minimum absolute atomic E-state index is 0.118. The SMILES string of the molecule is CCC1CCC(CO)(N2CCCNCC2)C1.